The van der Waals surface area contributed by atoms with Gasteiger partial charge in [0.15, 0.2) is 0 Å². The van der Waals surface area contributed by atoms with Gasteiger partial charge in [-0.3, -0.25) is 0 Å². The Morgan fingerprint density at radius 2 is 1.68 bits per heavy atom. The van der Waals surface area contributed by atoms with E-state index >= 15 is 0 Å². The maximum Gasteiger partial charge on any atom is 0.495 e. The number of aromatic nitrogens is 3. The van der Waals surface area contributed by atoms with Crippen LogP contribution in [0.5, 0.6) is 0 Å². The van der Waals surface area contributed by atoms with E-state index in [1.807, 2.05) is 45.9 Å². The second kappa shape index (κ2) is 5.78. The Balaban J connectivity index is 1.53. The molecule has 130 valence electrons. The SMILES string of the molecule is CC1(C)OB(c2ccnc(Nc3ccnc(C4CC4)n3)c2)OC1(C)C. The van der Waals surface area contributed by atoms with Gasteiger partial charge in [0, 0.05) is 18.3 Å². The first-order valence-corrected chi connectivity index (χ1v) is 8.76. The Labute approximate surface area is 148 Å². The van der Waals surface area contributed by atoms with Crippen molar-refractivity contribution in [2.45, 2.75) is 57.7 Å². The largest absolute Gasteiger partial charge is 0.495 e. The van der Waals surface area contributed by atoms with Crippen LogP contribution in [0.3, 0.4) is 0 Å². The van der Waals surface area contributed by atoms with Crippen LogP contribution in [0.15, 0.2) is 30.6 Å². The van der Waals surface area contributed by atoms with Gasteiger partial charge in [0.05, 0.1) is 11.2 Å². The van der Waals surface area contributed by atoms with Crippen molar-refractivity contribution >= 4 is 24.2 Å². The van der Waals surface area contributed by atoms with Crippen molar-refractivity contribution in [3.8, 4) is 0 Å². The van der Waals surface area contributed by atoms with Gasteiger partial charge < -0.3 is 14.6 Å². The van der Waals surface area contributed by atoms with Crippen molar-refractivity contribution in [1.82, 2.24) is 15.0 Å². The highest BCUT2D eigenvalue weighted by molar-refractivity contribution is 6.62. The molecule has 1 aliphatic heterocycles. The Hall–Kier alpha value is -1.99. The topological polar surface area (TPSA) is 69.2 Å². The van der Waals surface area contributed by atoms with Crippen molar-refractivity contribution in [1.29, 1.82) is 0 Å². The van der Waals surface area contributed by atoms with Crippen LogP contribution in [0.4, 0.5) is 11.6 Å². The van der Waals surface area contributed by atoms with Crippen molar-refractivity contribution in [3.63, 3.8) is 0 Å². The molecule has 25 heavy (non-hydrogen) atoms. The van der Waals surface area contributed by atoms with Crippen LogP contribution in [-0.2, 0) is 9.31 Å². The molecule has 2 aliphatic rings. The first kappa shape index (κ1) is 16.5. The van der Waals surface area contributed by atoms with E-state index in [9.17, 15) is 0 Å². The van der Waals surface area contributed by atoms with Crippen molar-refractivity contribution in [2.75, 3.05) is 5.32 Å². The van der Waals surface area contributed by atoms with Gasteiger partial charge in [0.2, 0.25) is 0 Å². The fourth-order valence-corrected chi connectivity index (χ4v) is 2.75. The summed E-state index contributed by atoms with van der Waals surface area (Å²) in [7, 11) is -0.402. The van der Waals surface area contributed by atoms with E-state index in [0.29, 0.717) is 11.7 Å². The summed E-state index contributed by atoms with van der Waals surface area (Å²) in [6.45, 7) is 8.20. The number of nitrogens with zero attached hydrogens (tertiary/aromatic N) is 3. The number of rotatable bonds is 4. The van der Waals surface area contributed by atoms with Crippen molar-refractivity contribution in [3.05, 3.63) is 36.4 Å². The molecule has 2 aromatic rings. The molecule has 0 bridgehead atoms. The Kier molecular flexibility index (Phi) is 3.81. The van der Waals surface area contributed by atoms with Gasteiger partial charge in [-0.25, -0.2) is 15.0 Å². The molecule has 0 atom stereocenters. The summed E-state index contributed by atoms with van der Waals surface area (Å²) in [5.74, 6) is 2.90. The van der Waals surface area contributed by atoms with E-state index < -0.39 is 7.12 Å². The zero-order valence-corrected chi connectivity index (χ0v) is 15.1. The monoisotopic (exact) mass is 338 g/mol. The fourth-order valence-electron chi connectivity index (χ4n) is 2.75. The molecule has 6 nitrogen and oxygen atoms in total. The highest BCUT2D eigenvalue weighted by Gasteiger charge is 2.51. The van der Waals surface area contributed by atoms with Crippen LogP contribution in [0.25, 0.3) is 0 Å². The molecule has 1 N–H and O–H groups in total. The molecule has 7 heteroatoms. The van der Waals surface area contributed by atoms with Crippen molar-refractivity contribution in [2.24, 2.45) is 0 Å². The molecule has 0 amide bonds. The molecule has 2 aromatic heterocycles. The van der Waals surface area contributed by atoms with Crippen LogP contribution in [-0.4, -0.2) is 33.3 Å². The number of hydrogen-bond donors (Lipinski definition) is 1. The third kappa shape index (κ3) is 3.26. The van der Waals surface area contributed by atoms with E-state index in [-0.39, 0.29) is 11.2 Å². The third-order valence-electron chi connectivity index (χ3n) is 5.18. The predicted molar refractivity (Wildman–Crippen MR) is 97.2 cm³/mol. The second-order valence-corrected chi connectivity index (χ2v) is 7.76. The Morgan fingerprint density at radius 1 is 1.00 bits per heavy atom. The highest BCUT2D eigenvalue weighted by atomic mass is 16.7. The maximum atomic E-state index is 6.11. The Morgan fingerprint density at radius 3 is 2.36 bits per heavy atom. The maximum absolute atomic E-state index is 6.11. The average Bonchev–Trinajstić information content (AvgIpc) is 3.36. The smallest absolute Gasteiger partial charge is 0.399 e. The first-order valence-electron chi connectivity index (χ1n) is 8.76. The highest BCUT2D eigenvalue weighted by Crippen LogP contribution is 2.38. The summed E-state index contributed by atoms with van der Waals surface area (Å²) in [6.07, 6.45) is 5.91. The zero-order chi connectivity index (χ0) is 17.7. The summed E-state index contributed by atoms with van der Waals surface area (Å²) >= 11 is 0. The molecule has 0 radical (unpaired) electrons. The lowest BCUT2D eigenvalue weighted by atomic mass is 9.80. The molecule has 1 saturated carbocycles. The minimum absolute atomic E-state index is 0.361. The van der Waals surface area contributed by atoms with Gasteiger partial charge in [0.25, 0.3) is 0 Å². The molecule has 3 heterocycles. The van der Waals surface area contributed by atoms with Crippen LogP contribution in [0, 0.1) is 0 Å². The molecule has 0 spiro atoms. The van der Waals surface area contributed by atoms with Crippen LogP contribution in [0.2, 0.25) is 0 Å². The van der Waals surface area contributed by atoms with Gasteiger partial charge in [-0.2, -0.15) is 0 Å². The normalized spacial score (nSPS) is 21.4. The molecule has 4 rings (SSSR count). The minimum Gasteiger partial charge on any atom is -0.399 e. The standard InChI is InChI=1S/C18H23BN4O2/c1-17(2)18(3,4)25-19(24-17)13-7-9-20-15(11-13)22-14-8-10-21-16(23-14)12-5-6-12/h7-12H,5-6H2,1-4H3,(H,20,21,22,23). The van der Waals surface area contributed by atoms with Gasteiger partial charge in [-0.1, -0.05) is 0 Å². The number of nitrogens with one attached hydrogen (secondary N) is 1. The van der Waals surface area contributed by atoms with E-state index in [1.165, 1.54) is 12.8 Å². The van der Waals surface area contributed by atoms with Crippen LogP contribution >= 0.6 is 0 Å². The molecule has 0 unspecified atom stereocenters. The number of pyridine rings is 1. The molecule has 1 saturated heterocycles. The van der Waals surface area contributed by atoms with Crippen molar-refractivity contribution < 1.29 is 9.31 Å². The summed E-state index contributed by atoms with van der Waals surface area (Å²) in [5.41, 5.74) is 0.216. The van der Waals surface area contributed by atoms with Crippen LogP contribution < -0.4 is 10.8 Å². The van der Waals surface area contributed by atoms with Gasteiger partial charge >= 0.3 is 7.12 Å². The quantitative estimate of drug-likeness (QED) is 0.865. The third-order valence-corrected chi connectivity index (χ3v) is 5.18. The lowest BCUT2D eigenvalue weighted by molar-refractivity contribution is 0.00578. The van der Waals surface area contributed by atoms with E-state index in [1.54, 1.807) is 12.4 Å². The van der Waals surface area contributed by atoms with E-state index in [0.717, 1.165) is 17.1 Å². The van der Waals surface area contributed by atoms with Gasteiger partial charge in [-0.05, 0) is 64.2 Å². The lowest BCUT2D eigenvalue weighted by Crippen LogP contribution is -2.41. The fraction of sp³-hybridized carbons (Fsp3) is 0.500. The molecule has 0 aromatic carbocycles. The number of anilines is 2. The minimum atomic E-state index is -0.402. The van der Waals surface area contributed by atoms with E-state index in [4.69, 9.17) is 9.31 Å². The van der Waals surface area contributed by atoms with Gasteiger partial charge in [0.1, 0.15) is 17.5 Å². The van der Waals surface area contributed by atoms with Crippen LogP contribution in [0.1, 0.15) is 52.3 Å². The molecular weight excluding hydrogens is 315 g/mol. The second-order valence-electron chi connectivity index (χ2n) is 7.76. The lowest BCUT2D eigenvalue weighted by Gasteiger charge is -2.32. The number of hydrogen-bond acceptors (Lipinski definition) is 6. The predicted octanol–water partition coefficient (Wildman–Crippen LogP) is 2.79. The Bertz CT molecular complexity index is 776. The van der Waals surface area contributed by atoms with Gasteiger partial charge in [-0.15, -0.1) is 0 Å². The zero-order valence-electron chi connectivity index (χ0n) is 15.1. The summed E-state index contributed by atoms with van der Waals surface area (Å²) in [6, 6.07) is 5.72. The van der Waals surface area contributed by atoms with E-state index in [2.05, 4.69) is 20.3 Å². The molecule has 1 aliphatic carbocycles. The average molecular weight is 338 g/mol. The summed E-state index contributed by atoms with van der Waals surface area (Å²) in [5, 5.41) is 3.26. The molecular formula is C18H23BN4O2. The molecule has 2 fully saturated rings. The summed E-state index contributed by atoms with van der Waals surface area (Å²) < 4.78 is 12.2. The first-order chi connectivity index (χ1) is 11.8. The summed E-state index contributed by atoms with van der Waals surface area (Å²) in [4.78, 5) is 13.3.